The van der Waals surface area contributed by atoms with Crippen molar-refractivity contribution in [1.29, 1.82) is 0 Å². The van der Waals surface area contributed by atoms with Crippen molar-refractivity contribution >= 4 is 22.7 Å². The van der Waals surface area contributed by atoms with Gasteiger partial charge in [-0.1, -0.05) is 24.3 Å². The van der Waals surface area contributed by atoms with E-state index in [1.807, 2.05) is 48.7 Å². The van der Waals surface area contributed by atoms with Gasteiger partial charge < -0.3 is 16.0 Å². The van der Waals surface area contributed by atoms with Crippen molar-refractivity contribution in [3.05, 3.63) is 66.5 Å². The fourth-order valence-electron chi connectivity index (χ4n) is 2.71. The maximum Gasteiger partial charge on any atom is 0.191 e. The molecule has 1 aromatic carbocycles. The number of guanidine groups is 1. The second kappa shape index (κ2) is 10.1. The van der Waals surface area contributed by atoms with Gasteiger partial charge in [-0.3, -0.25) is 9.98 Å². The number of nitrogens with one attached hydrogen (secondary N) is 3. The molecule has 0 fully saturated rings. The zero-order valence-corrected chi connectivity index (χ0v) is 15.7. The molecule has 27 heavy (non-hydrogen) atoms. The van der Waals surface area contributed by atoms with Crippen molar-refractivity contribution in [3.63, 3.8) is 0 Å². The Kier molecular flexibility index (Phi) is 6.98. The monoisotopic (exact) mass is 362 g/mol. The Morgan fingerprint density at radius 2 is 1.85 bits per heavy atom. The van der Waals surface area contributed by atoms with Gasteiger partial charge in [-0.2, -0.15) is 0 Å². The average molecular weight is 362 g/mol. The molecule has 6 nitrogen and oxygen atoms in total. The second-order valence-corrected chi connectivity index (χ2v) is 6.07. The van der Waals surface area contributed by atoms with Gasteiger partial charge in [-0.05, 0) is 37.3 Å². The summed E-state index contributed by atoms with van der Waals surface area (Å²) in [7, 11) is 0. The number of anilines is 1. The van der Waals surface area contributed by atoms with Gasteiger partial charge in [-0.15, -0.1) is 0 Å². The third-order valence-electron chi connectivity index (χ3n) is 4.03. The average Bonchev–Trinajstić information content (AvgIpc) is 2.72. The molecule has 140 valence electrons. The van der Waals surface area contributed by atoms with Gasteiger partial charge in [0.05, 0.1) is 5.52 Å². The smallest absolute Gasteiger partial charge is 0.191 e. The van der Waals surface area contributed by atoms with Crippen molar-refractivity contribution in [2.45, 2.75) is 13.3 Å². The van der Waals surface area contributed by atoms with E-state index in [4.69, 9.17) is 0 Å². The molecule has 0 spiro atoms. The van der Waals surface area contributed by atoms with Crippen LogP contribution in [-0.4, -0.2) is 42.1 Å². The molecule has 0 amide bonds. The van der Waals surface area contributed by atoms with Gasteiger partial charge >= 0.3 is 0 Å². The normalized spacial score (nSPS) is 11.4. The van der Waals surface area contributed by atoms with Crippen LogP contribution in [0.5, 0.6) is 0 Å². The highest BCUT2D eigenvalue weighted by molar-refractivity contribution is 5.80. The fraction of sp³-hybridized carbons (Fsp3) is 0.286. The van der Waals surface area contributed by atoms with E-state index in [9.17, 15) is 0 Å². The zero-order valence-electron chi connectivity index (χ0n) is 15.7. The highest BCUT2D eigenvalue weighted by atomic mass is 15.2. The molecule has 2 aromatic heterocycles. The Bertz CT molecular complexity index is 863. The summed E-state index contributed by atoms with van der Waals surface area (Å²) in [6, 6.07) is 18.2. The summed E-state index contributed by atoms with van der Waals surface area (Å²) in [5, 5.41) is 11.1. The number of benzene rings is 1. The maximum atomic E-state index is 4.62. The lowest BCUT2D eigenvalue weighted by molar-refractivity contribution is 0.811. The number of pyridine rings is 2. The first-order valence-electron chi connectivity index (χ1n) is 9.37. The van der Waals surface area contributed by atoms with E-state index in [0.29, 0.717) is 6.54 Å². The topological polar surface area (TPSA) is 74.2 Å². The summed E-state index contributed by atoms with van der Waals surface area (Å²) in [5.41, 5.74) is 2.06. The van der Waals surface area contributed by atoms with Crippen LogP contribution in [0.3, 0.4) is 0 Å². The number of rotatable bonds is 8. The summed E-state index contributed by atoms with van der Waals surface area (Å²) >= 11 is 0. The van der Waals surface area contributed by atoms with Gasteiger partial charge in [0.1, 0.15) is 5.82 Å². The van der Waals surface area contributed by atoms with Crippen molar-refractivity contribution in [2.75, 3.05) is 31.5 Å². The number of hydrogen-bond donors (Lipinski definition) is 3. The lowest BCUT2D eigenvalue weighted by Gasteiger charge is -2.12. The summed E-state index contributed by atoms with van der Waals surface area (Å²) in [4.78, 5) is 13.6. The lowest BCUT2D eigenvalue weighted by Crippen LogP contribution is -2.39. The standard InChI is InChI=1S/C21H26N6/c1-2-22-21(25-14-12-18-8-5-6-13-23-18)26-16-15-24-20-11-10-17-7-3-4-9-19(17)27-20/h3-11,13H,2,12,14-16H2,1H3,(H,24,27)(H2,22,25,26). The minimum Gasteiger partial charge on any atom is -0.368 e. The Balaban J connectivity index is 1.45. The highest BCUT2D eigenvalue weighted by Crippen LogP contribution is 2.14. The zero-order chi connectivity index (χ0) is 18.7. The Morgan fingerprint density at radius 1 is 0.963 bits per heavy atom. The van der Waals surface area contributed by atoms with E-state index in [1.165, 1.54) is 0 Å². The number of hydrogen-bond acceptors (Lipinski definition) is 4. The molecule has 3 N–H and O–H groups in total. The molecule has 0 radical (unpaired) electrons. The summed E-state index contributed by atoms with van der Waals surface area (Å²) in [6.45, 7) is 5.11. The number of aromatic nitrogens is 2. The number of para-hydroxylation sites is 1. The predicted octanol–water partition coefficient (Wildman–Crippen LogP) is 2.84. The molecule has 0 aliphatic carbocycles. The maximum absolute atomic E-state index is 4.62. The fourth-order valence-corrected chi connectivity index (χ4v) is 2.71. The minimum atomic E-state index is 0.700. The van der Waals surface area contributed by atoms with E-state index in [2.05, 4.69) is 50.0 Å². The van der Waals surface area contributed by atoms with Crippen LogP contribution in [0.4, 0.5) is 5.82 Å². The van der Waals surface area contributed by atoms with Gasteiger partial charge in [0.25, 0.3) is 0 Å². The van der Waals surface area contributed by atoms with E-state index in [1.54, 1.807) is 0 Å². The number of fused-ring (bicyclic) bond motifs is 1. The van der Waals surface area contributed by atoms with Crippen LogP contribution in [0.25, 0.3) is 10.9 Å². The quantitative estimate of drug-likeness (QED) is 0.326. The predicted molar refractivity (Wildman–Crippen MR) is 112 cm³/mol. The van der Waals surface area contributed by atoms with Crippen molar-refractivity contribution in [3.8, 4) is 0 Å². The van der Waals surface area contributed by atoms with E-state index >= 15 is 0 Å². The molecule has 0 unspecified atom stereocenters. The Hall–Kier alpha value is -3.15. The van der Waals surface area contributed by atoms with Crippen LogP contribution in [0.1, 0.15) is 12.6 Å². The molecule has 3 rings (SSSR count). The summed E-state index contributed by atoms with van der Waals surface area (Å²) in [5.74, 6) is 1.70. The highest BCUT2D eigenvalue weighted by Gasteiger charge is 1.99. The first kappa shape index (κ1) is 18.6. The van der Waals surface area contributed by atoms with Crippen molar-refractivity contribution in [2.24, 2.45) is 4.99 Å². The van der Waals surface area contributed by atoms with Crippen molar-refractivity contribution < 1.29 is 0 Å². The molecule has 0 bridgehead atoms. The SMILES string of the molecule is CCNC(=NCCc1ccccn1)NCCNc1ccc2ccccc2n1. The van der Waals surface area contributed by atoms with Crippen LogP contribution in [0.15, 0.2) is 65.8 Å². The first-order chi connectivity index (χ1) is 13.3. The van der Waals surface area contributed by atoms with Crippen molar-refractivity contribution in [1.82, 2.24) is 20.6 Å². The van der Waals surface area contributed by atoms with Gasteiger partial charge in [0.15, 0.2) is 5.96 Å². The molecule has 0 saturated carbocycles. The van der Waals surface area contributed by atoms with Crippen LogP contribution < -0.4 is 16.0 Å². The van der Waals surface area contributed by atoms with E-state index < -0.39 is 0 Å². The summed E-state index contributed by atoms with van der Waals surface area (Å²) < 4.78 is 0. The summed E-state index contributed by atoms with van der Waals surface area (Å²) in [6.07, 6.45) is 2.64. The molecule has 2 heterocycles. The molecular weight excluding hydrogens is 336 g/mol. The Labute approximate surface area is 160 Å². The third kappa shape index (κ3) is 5.95. The first-order valence-corrected chi connectivity index (χ1v) is 9.37. The van der Waals surface area contributed by atoms with Gasteiger partial charge in [0.2, 0.25) is 0 Å². The van der Waals surface area contributed by atoms with E-state index in [0.717, 1.165) is 54.4 Å². The molecule has 3 aromatic rings. The molecule has 0 saturated heterocycles. The molecule has 0 aliphatic rings. The van der Waals surface area contributed by atoms with Gasteiger partial charge in [0, 0.05) is 49.9 Å². The third-order valence-corrected chi connectivity index (χ3v) is 4.03. The largest absolute Gasteiger partial charge is 0.368 e. The number of aliphatic imine (C=N–C) groups is 1. The van der Waals surface area contributed by atoms with Crippen LogP contribution in [0, 0.1) is 0 Å². The molecule has 6 heteroatoms. The van der Waals surface area contributed by atoms with Gasteiger partial charge in [-0.25, -0.2) is 4.98 Å². The van der Waals surface area contributed by atoms with Crippen LogP contribution in [-0.2, 0) is 6.42 Å². The van der Waals surface area contributed by atoms with E-state index in [-0.39, 0.29) is 0 Å². The van der Waals surface area contributed by atoms with Crippen LogP contribution in [0.2, 0.25) is 0 Å². The molecular formula is C21H26N6. The second-order valence-electron chi connectivity index (χ2n) is 6.07. The molecule has 0 atom stereocenters. The number of nitrogens with zero attached hydrogens (tertiary/aromatic N) is 3. The lowest BCUT2D eigenvalue weighted by atomic mass is 10.2. The van der Waals surface area contributed by atoms with Crippen LogP contribution >= 0.6 is 0 Å². The molecule has 0 aliphatic heterocycles. The Morgan fingerprint density at radius 3 is 2.70 bits per heavy atom. The minimum absolute atomic E-state index is 0.700.